The summed E-state index contributed by atoms with van der Waals surface area (Å²) in [6, 6.07) is 7.79. The first-order valence-electron chi connectivity index (χ1n) is 8.48. The van der Waals surface area contributed by atoms with Crippen LogP contribution in [0, 0.1) is 0 Å². The zero-order valence-corrected chi connectivity index (χ0v) is 15.5. The third-order valence-electron chi connectivity index (χ3n) is 4.23. The van der Waals surface area contributed by atoms with Gasteiger partial charge < -0.3 is 14.7 Å². The van der Waals surface area contributed by atoms with Crippen molar-refractivity contribution in [1.29, 1.82) is 0 Å². The molecule has 1 aliphatic rings. The molecule has 0 bridgehead atoms. The second-order valence-corrected chi connectivity index (χ2v) is 6.70. The van der Waals surface area contributed by atoms with Crippen LogP contribution in [0.1, 0.15) is 21.6 Å². The van der Waals surface area contributed by atoms with Gasteiger partial charge in [-0.3, -0.25) is 4.79 Å². The van der Waals surface area contributed by atoms with Gasteiger partial charge in [0.2, 0.25) is 5.88 Å². The van der Waals surface area contributed by atoms with E-state index in [0.717, 1.165) is 11.0 Å². The molecule has 2 N–H and O–H groups in total. The molecule has 0 unspecified atom stereocenters. The summed E-state index contributed by atoms with van der Waals surface area (Å²) in [6.07, 6.45) is -7.46. The molecular formula is C18H16ClF4N3O3. The minimum absolute atomic E-state index is 0.0519. The lowest BCUT2D eigenvalue weighted by atomic mass is 10.2. The summed E-state index contributed by atoms with van der Waals surface area (Å²) >= 11 is 5.37. The van der Waals surface area contributed by atoms with Crippen LogP contribution in [-0.2, 0) is 12.7 Å². The molecule has 3 rings (SSSR count). The van der Waals surface area contributed by atoms with Crippen molar-refractivity contribution in [2.75, 3.05) is 13.1 Å². The van der Waals surface area contributed by atoms with Crippen molar-refractivity contribution in [3.05, 3.63) is 53.2 Å². The van der Waals surface area contributed by atoms with Crippen LogP contribution >= 0.6 is 11.8 Å². The fraction of sp³-hybridized carbons (Fsp3) is 0.333. The minimum Gasteiger partial charge on any atom is -0.439 e. The normalized spacial score (nSPS) is 19.4. The Balaban J connectivity index is 1.83. The number of pyridine rings is 1. The number of alkyl halides is 4. The number of hydrogen-bond acceptors (Lipinski definition) is 5. The summed E-state index contributed by atoms with van der Waals surface area (Å²) in [5, 5.41) is 9.47. The molecule has 29 heavy (non-hydrogen) atoms. The Hall–Kier alpha value is -2.43. The van der Waals surface area contributed by atoms with Gasteiger partial charge in [-0.1, -0.05) is 6.07 Å². The molecule has 1 saturated heterocycles. The summed E-state index contributed by atoms with van der Waals surface area (Å²) < 4.78 is 58.1. The Kier molecular flexibility index (Phi) is 6.25. The Bertz CT molecular complexity index is 887. The smallest absolute Gasteiger partial charge is 0.433 e. The van der Waals surface area contributed by atoms with Crippen molar-refractivity contribution >= 4 is 17.7 Å². The number of carbonyl (C=O) groups excluding carboxylic acids is 1. The van der Waals surface area contributed by atoms with Crippen molar-refractivity contribution in [3.63, 3.8) is 0 Å². The standard InChI is InChI=1S/C18H16ClF4N3O3/c19-24-7-10-4-15(18(21,22)23)25-16(5-10)29-12-3-1-2-11(6-12)17(28)26-8-13(20)14(27)9-26/h1-6,13-14,24,27H,7-9H2/t13-,14-/m1/s1. The van der Waals surface area contributed by atoms with Crippen LogP contribution < -0.4 is 9.57 Å². The van der Waals surface area contributed by atoms with Crippen molar-refractivity contribution < 1.29 is 32.2 Å². The molecule has 1 amide bonds. The van der Waals surface area contributed by atoms with Crippen LogP contribution in [0.2, 0.25) is 0 Å². The van der Waals surface area contributed by atoms with Crippen molar-refractivity contribution in [2.24, 2.45) is 0 Å². The molecule has 0 saturated carbocycles. The SMILES string of the molecule is O=C(c1cccc(Oc2cc(CNCl)cc(C(F)(F)F)n2)c1)N1C[C@@H](O)[C@H](F)C1. The van der Waals surface area contributed by atoms with Gasteiger partial charge in [0, 0.05) is 24.7 Å². The highest BCUT2D eigenvalue weighted by molar-refractivity contribution is 6.13. The van der Waals surface area contributed by atoms with E-state index >= 15 is 0 Å². The number of β-amino-alcohol motifs (C(OH)–C–C–N with tert-alkyl or cyclic N) is 1. The molecule has 6 nitrogen and oxygen atoms in total. The van der Waals surface area contributed by atoms with E-state index in [1.54, 1.807) is 0 Å². The van der Waals surface area contributed by atoms with Gasteiger partial charge in [-0.15, -0.1) is 0 Å². The predicted molar refractivity (Wildman–Crippen MR) is 95.3 cm³/mol. The fourth-order valence-electron chi connectivity index (χ4n) is 2.84. The highest BCUT2D eigenvalue weighted by Gasteiger charge is 2.35. The Morgan fingerprint density at radius 2 is 2.07 bits per heavy atom. The Morgan fingerprint density at radius 3 is 2.69 bits per heavy atom. The Labute approximate surface area is 168 Å². The molecule has 2 aromatic rings. The summed E-state index contributed by atoms with van der Waals surface area (Å²) in [5.74, 6) is -0.783. The van der Waals surface area contributed by atoms with Crippen LogP contribution in [0.25, 0.3) is 0 Å². The quantitative estimate of drug-likeness (QED) is 0.559. The number of likely N-dealkylation sites (tertiary alicyclic amines) is 1. The molecule has 0 spiro atoms. The van der Waals surface area contributed by atoms with Gasteiger partial charge in [0.25, 0.3) is 5.91 Å². The van der Waals surface area contributed by atoms with Crippen LogP contribution in [-0.4, -0.2) is 46.3 Å². The monoisotopic (exact) mass is 433 g/mol. The molecule has 2 atom stereocenters. The topological polar surface area (TPSA) is 74.7 Å². The van der Waals surface area contributed by atoms with Crippen LogP contribution in [0.4, 0.5) is 17.6 Å². The first-order valence-corrected chi connectivity index (χ1v) is 8.86. The van der Waals surface area contributed by atoms with Crippen LogP contribution in [0.3, 0.4) is 0 Å². The lowest BCUT2D eigenvalue weighted by Gasteiger charge is -2.16. The van der Waals surface area contributed by atoms with Gasteiger partial charge in [-0.2, -0.15) is 13.2 Å². The van der Waals surface area contributed by atoms with E-state index in [1.807, 2.05) is 0 Å². The van der Waals surface area contributed by atoms with E-state index < -0.39 is 30.1 Å². The van der Waals surface area contributed by atoms with Crippen molar-refractivity contribution in [2.45, 2.75) is 25.0 Å². The highest BCUT2D eigenvalue weighted by Crippen LogP contribution is 2.31. The average molecular weight is 434 g/mol. The molecule has 1 aliphatic heterocycles. The molecule has 156 valence electrons. The van der Waals surface area contributed by atoms with E-state index in [1.165, 1.54) is 30.3 Å². The maximum atomic E-state index is 13.5. The molecule has 0 radical (unpaired) electrons. The number of rotatable bonds is 5. The molecule has 11 heteroatoms. The van der Waals surface area contributed by atoms with Crippen LogP contribution in [0.5, 0.6) is 11.6 Å². The predicted octanol–water partition coefficient (Wildman–Crippen LogP) is 3.29. The second-order valence-electron chi connectivity index (χ2n) is 6.43. The van der Waals surface area contributed by atoms with Gasteiger partial charge in [0.1, 0.15) is 23.7 Å². The van der Waals surface area contributed by atoms with E-state index in [9.17, 15) is 27.5 Å². The zero-order chi connectivity index (χ0) is 21.2. The molecule has 2 heterocycles. The summed E-state index contributed by atoms with van der Waals surface area (Å²) in [4.78, 5) is 19.3. The third kappa shape index (κ3) is 5.14. The van der Waals surface area contributed by atoms with Gasteiger partial charge in [-0.05, 0) is 41.6 Å². The summed E-state index contributed by atoms with van der Waals surface area (Å²) in [6.45, 7) is -0.437. The first kappa shape index (κ1) is 21.3. The van der Waals surface area contributed by atoms with Gasteiger partial charge in [0.15, 0.2) is 0 Å². The third-order valence-corrected chi connectivity index (χ3v) is 4.37. The number of benzene rings is 1. The molecule has 0 aliphatic carbocycles. The summed E-state index contributed by atoms with van der Waals surface area (Å²) in [5.41, 5.74) is -0.813. The number of ether oxygens (including phenoxy) is 1. The second kappa shape index (κ2) is 8.52. The number of amides is 1. The Morgan fingerprint density at radius 1 is 1.31 bits per heavy atom. The molecule has 1 aromatic heterocycles. The fourth-order valence-corrected chi connectivity index (χ4v) is 3.00. The molecule has 1 aromatic carbocycles. The lowest BCUT2D eigenvalue weighted by Crippen LogP contribution is -2.29. The number of aliphatic hydroxyl groups excluding tert-OH is 1. The number of hydrogen-bond donors (Lipinski definition) is 2. The van der Waals surface area contributed by atoms with Gasteiger partial charge in [0.05, 0.1) is 6.54 Å². The summed E-state index contributed by atoms with van der Waals surface area (Å²) in [7, 11) is 0. The number of aromatic nitrogens is 1. The number of carbonyl (C=O) groups is 1. The maximum absolute atomic E-state index is 13.5. The highest BCUT2D eigenvalue weighted by atomic mass is 35.5. The number of halogens is 5. The van der Waals surface area contributed by atoms with E-state index in [-0.39, 0.29) is 42.4 Å². The average Bonchev–Trinajstić information content (AvgIpc) is 2.99. The zero-order valence-electron chi connectivity index (χ0n) is 14.8. The van der Waals surface area contributed by atoms with Crippen molar-refractivity contribution in [1.82, 2.24) is 14.7 Å². The van der Waals surface area contributed by atoms with Gasteiger partial charge in [-0.25, -0.2) is 14.2 Å². The first-order chi connectivity index (χ1) is 13.7. The number of nitrogens with zero attached hydrogens (tertiary/aromatic N) is 2. The number of nitrogens with one attached hydrogen (secondary N) is 1. The minimum atomic E-state index is -4.68. The largest absolute Gasteiger partial charge is 0.439 e. The van der Waals surface area contributed by atoms with Crippen LogP contribution in [0.15, 0.2) is 36.4 Å². The van der Waals surface area contributed by atoms with E-state index in [2.05, 4.69) is 9.82 Å². The van der Waals surface area contributed by atoms with E-state index in [0.29, 0.717) is 0 Å². The number of aliphatic hydroxyl groups is 1. The van der Waals surface area contributed by atoms with Gasteiger partial charge >= 0.3 is 6.18 Å². The van der Waals surface area contributed by atoms with Crippen molar-refractivity contribution in [3.8, 4) is 11.6 Å². The lowest BCUT2D eigenvalue weighted by molar-refractivity contribution is -0.141. The molecule has 1 fully saturated rings. The maximum Gasteiger partial charge on any atom is 0.433 e. The van der Waals surface area contributed by atoms with E-state index in [4.69, 9.17) is 16.5 Å². The molecular weight excluding hydrogens is 418 g/mol.